The van der Waals surface area contributed by atoms with E-state index in [4.69, 9.17) is 0 Å². The van der Waals surface area contributed by atoms with Crippen LogP contribution in [-0.4, -0.2) is 40.6 Å². The van der Waals surface area contributed by atoms with Gasteiger partial charge in [0.1, 0.15) is 0 Å². The number of nitrogens with one attached hydrogen (secondary N) is 1. The predicted octanol–water partition coefficient (Wildman–Crippen LogP) is 2.75. The Morgan fingerprint density at radius 2 is 2.33 bits per heavy atom. The maximum Gasteiger partial charge on any atom is 0.203 e. The highest BCUT2D eigenvalue weighted by atomic mass is 15.2. The SMILES string of the molecule is CCCCNc1nccn1C1CCN(C)C(C)C1. The number of aromatic nitrogens is 2. The summed E-state index contributed by atoms with van der Waals surface area (Å²) in [6, 6.07) is 1.26. The van der Waals surface area contributed by atoms with E-state index in [0.717, 1.165) is 12.5 Å². The second kappa shape index (κ2) is 6.23. The van der Waals surface area contributed by atoms with Crippen molar-refractivity contribution in [2.24, 2.45) is 0 Å². The lowest BCUT2D eigenvalue weighted by atomic mass is 9.99. The molecule has 0 aliphatic carbocycles. The van der Waals surface area contributed by atoms with E-state index in [9.17, 15) is 0 Å². The third kappa shape index (κ3) is 3.05. The maximum absolute atomic E-state index is 4.45. The summed E-state index contributed by atoms with van der Waals surface area (Å²) in [5, 5.41) is 3.46. The molecule has 1 aliphatic rings. The Morgan fingerprint density at radius 3 is 3.06 bits per heavy atom. The molecule has 4 heteroatoms. The third-order valence-corrected chi connectivity index (χ3v) is 4.06. The predicted molar refractivity (Wildman–Crippen MR) is 76.0 cm³/mol. The minimum Gasteiger partial charge on any atom is -0.356 e. The highest BCUT2D eigenvalue weighted by molar-refractivity contribution is 5.26. The van der Waals surface area contributed by atoms with E-state index in [0.29, 0.717) is 12.1 Å². The average molecular weight is 250 g/mol. The van der Waals surface area contributed by atoms with Gasteiger partial charge in [0.25, 0.3) is 0 Å². The minimum absolute atomic E-state index is 0.600. The van der Waals surface area contributed by atoms with E-state index in [1.54, 1.807) is 0 Å². The lowest BCUT2D eigenvalue weighted by Gasteiger charge is -2.36. The Morgan fingerprint density at radius 1 is 1.50 bits per heavy atom. The largest absolute Gasteiger partial charge is 0.356 e. The highest BCUT2D eigenvalue weighted by Crippen LogP contribution is 2.28. The molecule has 2 unspecified atom stereocenters. The quantitative estimate of drug-likeness (QED) is 0.816. The van der Waals surface area contributed by atoms with Crippen LogP contribution in [0.1, 0.15) is 45.6 Å². The molecule has 2 atom stereocenters. The van der Waals surface area contributed by atoms with Gasteiger partial charge in [-0.15, -0.1) is 0 Å². The van der Waals surface area contributed by atoms with Crippen LogP contribution in [0.2, 0.25) is 0 Å². The molecule has 0 radical (unpaired) electrons. The van der Waals surface area contributed by atoms with Gasteiger partial charge in [0.05, 0.1) is 0 Å². The Bertz CT molecular complexity index is 360. The number of rotatable bonds is 5. The molecule has 0 bridgehead atoms. The van der Waals surface area contributed by atoms with E-state index in [1.807, 2.05) is 6.20 Å². The number of anilines is 1. The van der Waals surface area contributed by atoms with Crippen LogP contribution in [0.5, 0.6) is 0 Å². The van der Waals surface area contributed by atoms with Gasteiger partial charge >= 0.3 is 0 Å². The van der Waals surface area contributed by atoms with E-state index in [1.165, 1.54) is 32.2 Å². The first-order valence-electron chi connectivity index (χ1n) is 7.19. The van der Waals surface area contributed by atoms with Crippen molar-refractivity contribution in [3.8, 4) is 0 Å². The smallest absolute Gasteiger partial charge is 0.203 e. The van der Waals surface area contributed by atoms with Gasteiger partial charge in [-0.05, 0) is 33.2 Å². The van der Waals surface area contributed by atoms with Gasteiger partial charge in [-0.2, -0.15) is 0 Å². The van der Waals surface area contributed by atoms with Crippen molar-refractivity contribution < 1.29 is 0 Å². The summed E-state index contributed by atoms with van der Waals surface area (Å²) in [5.74, 6) is 1.05. The Balaban J connectivity index is 1.98. The molecule has 102 valence electrons. The summed E-state index contributed by atoms with van der Waals surface area (Å²) in [6.07, 6.45) is 8.90. The van der Waals surface area contributed by atoms with Crippen molar-refractivity contribution in [2.75, 3.05) is 25.5 Å². The maximum atomic E-state index is 4.45. The normalized spacial score (nSPS) is 25.3. The van der Waals surface area contributed by atoms with Gasteiger partial charge < -0.3 is 14.8 Å². The number of hydrogen-bond donors (Lipinski definition) is 1. The first-order valence-corrected chi connectivity index (χ1v) is 7.19. The van der Waals surface area contributed by atoms with E-state index in [2.05, 4.69) is 46.9 Å². The number of piperidine rings is 1. The molecule has 2 rings (SSSR count). The molecule has 1 aromatic rings. The van der Waals surface area contributed by atoms with Crippen LogP contribution < -0.4 is 5.32 Å². The monoisotopic (exact) mass is 250 g/mol. The molecule has 2 heterocycles. The van der Waals surface area contributed by atoms with Crippen LogP contribution in [0.3, 0.4) is 0 Å². The van der Waals surface area contributed by atoms with Crippen molar-refractivity contribution in [3.63, 3.8) is 0 Å². The zero-order valence-corrected chi connectivity index (χ0v) is 11.9. The number of hydrogen-bond acceptors (Lipinski definition) is 3. The number of unbranched alkanes of at least 4 members (excludes halogenated alkanes) is 1. The third-order valence-electron chi connectivity index (χ3n) is 4.06. The molecule has 0 saturated carbocycles. The van der Waals surface area contributed by atoms with Crippen molar-refractivity contribution in [1.82, 2.24) is 14.5 Å². The fraction of sp³-hybridized carbons (Fsp3) is 0.786. The van der Waals surface area contributed by atoms with Crippen molar-refractivity contribution in [1.29, 1.82) is 0 Å². The fourth-order valence-corrected chi connectivity index (χ4v) is 2.64. The summed E-state index contributed by atoms with van der Waals surface area (Å²) in [7, 11) is 2.22. The number of imidazole rings is 1. The standard InChI is InChI=1S/C14H26N4/c1-4-5-7-15-14-16-8-10-18(14)13-6-9-17(3)12(2)11-13/h8,10,12-13H,4-7,9,11H2,1-3H3,(H,15,16). The van der Waals surface area contributed by atoms with Crippen LogP contribution >= 0.6 is 0 Å². The van der Waals surface area contributed by atoms with Gasteiger partial charge in [0, 0.05) is 37.6 Å². The number of nitrogens with zero attached hydrogens (tertiary/aromatic N) is 3. The summed E-state index contributed by atoms with van der Waals surface area (Å²) in [4.78, 5) is 6.89. The van der Waals surface area contributed by atoms with Crippen molar-refractivity contribution in [3.05, 3.63) is 12.4 Å². The van der Waals surface area contributed by atoms with E-state index >= 15 is 0 Å². The first kappa shape index (κ1) is 13.4. The Kier molecular flexibility index (Phi) is 4.64. The summed E-state index contributed by atoms with van der Waals surface area (Å²) in [5.41, 5.74) is 0. The minimum atomic E-state index is 0.600. The zero-order chi connectivity index (χ0) is 13.0. The molecule has 1 N–H and O–H groups in total. The fourth-order valence-electron chi connectivity index (χ4n) is 2.64. The van der Waals surface area contributed by atoms with Gasteiger partial charge in [0.15, 0.2) is 0 Å². The van der Waals surface area contributed by atoms with Crippen LogP contribution in [0.25, 0.3) is 0 Å². The van der Waals surface area contributed by atoms with Gasteiger partial charge in [-0.1, -0.05) is 13.3 Å². The summed E-state index contributed by atoms with van der Waals surface area (Å²) in [6.45, 7) is 6.73. The van der Waals surface area contributed by atoms with E-state index in [-0.39, 0.29) is 0 Å². The van der Waals surface area contributed by atoms with E-state index < -0.39 is 0 Å². The molecule has 1 fully saturated rings. The van der Waals surface area contributed by atoms with Crippen molar-refractivity contribution >= 4 is 5.95 Å². The lowest BCUT2D eigenvalue weighted by Crippen LogP contribution is -2.38. The molecule has 1 saturated heterocycles. The second-order valence-corrected chi connectivity index (χ2v) is 5.45. The molecular weight excluding hydrogens is 224 g/mol. The topological polar surface area (TPSA) is 33.1 Å². The Labute approximate surface area is 110 Å². The Hall–Kier alpha value is -1.03. The highest BCUT2D eigenvalue weighted by Gasteiger charge is 2.25. The molecular formula is C14H26N4. The first-order chi connectivity index (χ1) is 8.72. The van der Waals surface area contributed by atoms with Gasteiger partial charge in [-0.25, -0.2) is 4.98 Å². The zero-order valence-electron chi connectivity index (χ0n) is 11.9. The summed E-state index contributed by atoms with van der Waals surface area (Å²) >= 11 is 0. The van der Waals surface area contributed by atoms with Crippen LogP contribution in [-0.2, 0) is 0 Å². The van der Waals surface area contributed by atoms with Gasteiger partial charge in [-0.3, -0.25) is 0 Å². The van der Waals surface area contributed by atoms with Crippen LogP contribution in [0.15, 0.2) is 12.4 Å². The average Bonchev–Trinajstić information content (AvgIpc) is 2.81. The molecule has 1 aliphatic heterocycles. The molecule has 1 aromatic heterocycles. The molecule has 0 spiro atoms. The lowest BCUT2D eigenvalue weighted by molar-refractivity contribution is 0.157. The second-order valence-electron chi connectivity index (χ2n) is 5.45. The van der Waals surface area contributed by atoms with Crippen molar-refractivity contribution in [2.45, 2.75) is 51.6 Å². The molecule has 4 nitrogen and oxygen atoms in total. The van der Waals surface area contributed by atoms with Gasteiger partial charge in [0.2, 0.25) is 5.95 Å². The molecule has 0 amide bonds. The summed E-state index contributed by atoms with van der Waals surface area (Å²) < 4.78 is 2.33. The molecule has 0 aromatic carbocycles. The number of likely N-dealkylation sites (tertiary alicyclic amines) is 1. The van der Waals surface area contributed by atoms with Crippen LogP contribution in [0, 0.1) is 0 Å². The molecule has 18 heavy (non-hydrogen) atoms. The van der Waals surface area contributed by atoms with Crippen LogP contribution in [0.4, 0.5) is 5.95 Å².